The van der Waals surface area contributed by atoms with Gasteiger partial charge in [-0.1, -0.05) is 12.2 Å². The fourth-order valence-corrected chi connectivity index (χ4v) is 2.95. The molecule has 0 spiro atoms. The Balaban J connectivity index is 2.12. The summed E-state index contributed by atoms with van der Waals surface area (Å²) in [5.41, 5.74) is -0.641. The number of hydrogen-bond acceptors (Lipinski definition) is 5. The van der Waals surface area contributed by atoms with Crippen molar-refractivity contribution >= 4 is 24.2 Å². The lowest BCUT2D eigenvalue weighted by atomic mass is 10.1. The lowest BCUT2D eigenvalue weighted by Gasteiger charge is -2.28. The molecule has 7 heteroatoms. The molecule has 0 radical (unpaired) electrons. The van der Waals surface area contributed by atoms with Crippen molar-refractivity contribution in [2.75, 3.05) is 7.11 Å². The second-order valence-corrected chi connectivity index (χ2v) is 6.96. The van der Waals surface area contributed by atoms with Crippen LogP contribution in [0.25, 0.3) is 0 Å². The number of fused-ring (bicyclic) bond motifs is 1. The molecule has 1 unspecified atom stereocenters. The van der Waals surface area contributed by atoms with Gasteiger partial charge in [0.1, 0.15) is 11.6 Å². The minimum Gasteiger partial charge on any atom is -0.467 e. The number of nitrogens with zero attached hydrogens (tertiary/aromatic N) is 2. The maximum absolute atomic E-state index is 12.8. The molecule has 2 aliphatic rings. The molecule has 7 nitrogen and oxygen atoms in total. The minimum atomic E-state index is -0.731. The van der Waals surface area contributed by atoms with E-state index in [2.05, 4.69) is 4.99 Å². The van der Waals surface area contributed by atoms with E-state index in [0.717, 1.165) is 6.42 Å². The Morgan fingerprint density at radius 1 is 1.33 bits per heavy atom. The van der Waals surface area contributed by atoms with Crippen LogP contribution in [0.15, 0.2) is 17.1 Å². The Morgan fingerprint density at radius 2 is 2.04 bits per heavy atom. The molecule has 0 aromatic heterocycles. The number of hydrogen-bond donors (Lipinski definition) is 0. The van der Waals surface area contributed by atoms with Gasteiger partial charge in [-0.2, -0.15) is 4.99 Å². The summed E-state index contributed by atoms with van der Waals surface area (Å²) in [5.74, 6) is -1.22. The molecule has 0 aromatic carbocycles. The molecule has 1 saturated heterocycles. The van der Waals surface area contributed by atoms with Crippen molar-refractivity contribution in [1.82, 2.24) is 4.90 Å². The number of amides is 2. The maximum Gasteiger partial charge on any atom is 0.433 e. The summed E-state index contributed by atoms with van der Waals surface area (Å²) in [6.07, 6.45) is 6.14. The normalized spacial score (nSPS) is 27.1. The van der Waals surface area contributed by atoms with E-state index < -0.39 is 29.6 Å². The van der Waals surface area contributed by atoms with Gasteiger partial charge in [0.15, 0.2) is 0 Å². The highest BCUT2D eigenvalue weighted by molar-refractivity contribution is 5.99. The van der Waals surface area contributed by atoms with E-state index >= 15 is 0 Å². The molecular formula is C17H24N2O5. The summed E-state index contributed by atoms with van der Waals surface area (Å²) in [6.45, 7) is 5.24. The summed E-state index contributed by atoms with van der Waals surface area (Å²) in [4.78, 5) is 41.7. The van der Waals surface area contributed by atoms with Crippen LogP contribution in [0.5, 0.6) is 0 Å². The standard InChI is InChI=1S/C17H24N2O5/c1-17(2,3)24-16(22)18-10-11-6-5-7-12-8-9-13(15(21)23-4)19(12)14(11)20/h5,7,10-13H,6,8-9H2,1-4H3/t11?,12-,13-/m0/s1. The third-order valence-electron chi connectivity index (χ3n) is 3.98. The second kappa shape index (κ2) is 7.15. The zero-order valence-corrected chi connectivity index (χ0v) is 14.5. The Morgan fingerprint density at radius 3 is 2.67 bits per heavy atom. The fraction of sp³-hybridized carbons (Fsp3) is 0.647. The zero-order valence-electron chi connectivity index (χ0n) is 14.5. The van der Waals surface area contributed by atoms with E-state index in [9.17, 15) is 14.4 Å². The lowest BCUT2D eigenvalue weighted by Crippen LogP contribution is -2.47. The van der Waals surface area contributed by atoms with Crippen molar-refractivity contribution in [1.29, 1.82) is 0 Å². The molecule has 2 rings (SSSR count). The van der Waals surface area contributed by atoms with Crippen LogP contribution in [-0.2, 0) is 19.1 Å². The molecule has 0 aromatic rings. The van der Waals surface area contributed by atoms with E-state index in [4.69, 9.17) is 9.47 Å². The van der Waals surface area contributed by atoms with Crippen LogP contribution >= 0.6 is 0 Å². The van der Waals surface area contributed by atoms with E-state index in [1.807, 2.05) is 12.2 Å². The second-order valence-electron chi connectivity index (χ2n) is 6.96. The largest absolute Gasteiger partial charge is 0.467 e. The molecule has 0 aliphatic carbocycles. The highest BCUT2D eigenvalue weighted by atomic mass is 16.6. The summed E-state index contributed by atoms with van der Waals surface area (Å²) >= 11 is 0. The van der Waals surface area contributed by atoms with Gasteiger partial charge < -0.3 is 14.4 Å². The number of ether oxygens (including phenoxy) is 2. The topological polar surface area (TPSA) is 85.3 Å². The molecule has 0 saturated carbocycles. The predicted octanol–water partition coefficient (Wildman–Crippen LogP) is 2.10. The van der Waals surface area contributed by atoms with Crippen LogP contribution in [-0.4, -0.2) is 53.9 Å². The molecule has 0 bridgehead atoms. The first kappa shape index (κ1) is 18.2. The first-order valence-corrected chi connectivity index (χ1v) is 8.07. The van der Waals surface area contributed by atoms with E-state index in [1.54, 1.807) is 25.7 Å². The third-order valence-corrected chi connectivity index (χ3v) is 3.98. The Labute approximate surface area is 141 Å². The molecule has 2 aliphatic heterocycles. The monoisotopic (exact) mass is 336 g/mol. The van der Waals surface area contributed by atoms with Gasteiger partial charge in [0.05, 0.1) is 19.1 Å². The van der Waals surface area contributed by atoms with Gasteiger partial charge in [-0.15, -0.1) is 0 Å². The summed E-state index contributed by atoms with van der Waals surface area (Å²) in [5, 5.41) is 0. The number of methoxy groups -OCH3 is 1. The Bertz CT molecular complexity index is 576. The number of carbonyl (C=O) groups excluding carboxylic acids is 3. The van der Waals surface area contributed by atoms with Crippen LogP contribution in [0.4, 0.5) is 4.79 Å². The van der Waals surface area contributed by atoms with Gasteiger partial charge in [-0.05, 0) is 40.0 Å². The molecular weight excluding hydrogens is 312 g/mol. The lowest BCUT2D eigenvalue weighted by molar-refractivity contribution is -0.152. The smallest absolute Gasteiger partial charge is 0.433 e. The molecule has 1 fully saturated rings. The molecule has 2 amide bonds. The van der Waals surface area contributed by atoms with Gasteiger partial charge in [0.2, 0.25) is 5.91 Å². The quantitative estimate of drug-likeness (QED) is 0.438. The van der Waals surface area contributed by atoms with Crippen molar-refractivity contribution in [3.05, 3.63) is 12.2 Å². The molecule has 3 atom stereocenters. The van der Waals surface area contributed by atoms with E-state index in [0.29, 0.717) is 12.8 Å². The van der Waals surface area contributed by atoms with Crippen molar-refractivity contribution in [2.45, 2.75) is 57.7 Å². The van der Waals surface area contributed by atoms with E-state index in [1.165, 1.54) is 13.3 Å². The molecule has 2 heterocycles. The number of allylic oxidation sites excluding steroid dienone is 1. The van der Waals surface area contributed by atoms with Crippen molar-refractivity contribution < 1.29 is 23.9 Å². The van der Waals surface area contributed by atoms with Crippen LogP contribution in [0.1, 0.15) is 40.0 Å². The van der Waals surface area contributed by atoms with Crippen LogP contribution in [0, 0.1) is 5.92 Å². The van der Waals surface area contributed by atoms with Gasteiger partial charge in [0, 0.05) is 6.21 Å². The van der Waals surface area contributed by atoms with Crippen molar-refractivity contribution in [2.24, 2.45) is 10.9 Å². The predicted molar refractivity (Wildman–Crippen MR) is 87.6 cm³/mol. The van der Waals surface area contributed by atoms with Crippen LogP contribution in [0.2, 0.25) is 0 Å². The number of aliphatic imine (C=N–C) groups is 1. The molecule has 132 valence electrons. The average Bonchev–Trinajstić information content (AvgIpc) is 2.84. The van der Waals surface area contributed by atoms with Crippen LogP contribution in [0.3, 0.4) is 0 Å². The minimum absolute atomic E-state index is 0.110. The number of esters is 1. The highest BCUT2D eigenvalue weighted by Crippen LogP contribution is 2.30. The number of carbonyl (C=O) groups is 3. The van der Waals surface area contributed by atoms with Gasteiger partial charge >= 0.3 is 12.1 Å². The Kier molecular flexibility index (Phi) is 5.41. The molecule has 24 heavy (non-hydrogen) atoms. The van der Waals surface area contributed by atoms with Crippen molar-refractivity contribution in [3.8, 4) is 0 Å². The fourth-order valence-electron chi connectivity index (χ4n) is 2.95. The summed E-state index contributed by atoms with van der Waals surface area (Å²) in [7, 11) is 1.31. The summed E-state index contributed by atoms with van der Waals surface area (Å²) in [6, 6.07) is -0.686. The molecule has 0 N–H and O–H groups in total. The number of rotatable bonds is 2. The highest BCUT2D eigenvalue weighted by Gasteiger charge is 2.43. The average molecular weight is 336 g/mol. The maximum atomic E-state index is 12.8. The van der Waals surface area contributed by atoms with E-state index in [-0.39, 0.29) is 11.9 Å². The zero-order chi connectivity index (χ0) is 17.9. The SMILES string of the molecule is COC(=O)[C@@H]1CC[C@@H]2C=CCC(C=NC(=O)OC(C)(C)C)C(=O)N21. The van der Waals surface area contributed by atoms with Gasteiger partial charge in [0.25, 0.3) is 0 Å². The first-order valence-electron chi connectivity index (χ1n) is 8.07. The van der Waals surface area contributed by atoms with Crippen LogP contribution < -0.4 is 0 Å². The van der Waals surface area contributed by atoms with Gasteiger partial charge in [-0.3, -0.25) is 4.79 Å². The van der Waals surface area contributed by atoms with Crippen molar-refractivity contribution in [3.63, 3.8) is 0 Å². The summed E-state index contributed by atoms with van der Waals surface area (Å²) < 4.78 is 9.90. The first-order chi connectivity index (χ1) is 11.2. The third kappa shape index (κ3) is 4.21. The van der Waals surface area contributed by atoms with Gasteiger partial charge in [-0.25, -0.2) is 9.59 Å². The Hall–Kier alpha value is -2.18.